The van der Waals surface area contributed by atoms with Crippen molar-refractivity contribution in [2.24, 2.45) is 0 Å². The van der Waals surface area contributed by atoms with Gasteiger partial charge in [0.15, 0.2) is 0 Å². The van der Waals surface area contributed by atoms with Gasteiger partial charge in [0, 0.05) is 43.0 Å². The first-order chi connectivity index (χ1) is 13.7. The van der Waals surface area contributed by atoms with E-state index in [1.54, 1.807) is 0 Å². The zero-order valence-corrected chi connectivity index (χ0v) is 18.5. The first-order valence-corrected chi connectivity index (χ1v) is 11.0. The molecule has 0 radical (unpaired) electrons. The number of hydrogen-bond acceptors (Lipinski definition) is 6. The number of rotatable bonds is 5. The Morgan fingerprint density at radius 3 is 2.34 bits per heavy atom. The Kier molecular flexibility index (Phi) is 5.55. The van der Waals surface area contributed by atoms with E-state index < -0.39 is 18.3 Å². The average Bonchev–Trinajstić information content (AvgIpc) is 3.49. The third kappa shape index (κ3) is 4.12. The van der Waals surface area contributed by atoms with Gasteiger partial charge in [-0.25, -0.2) is 9.97 Å². The Balaban J connectivity index is 1.50. The van der Waals surface area contributed by atoms with E-state index in [1.807, 2.05) is 45.0 Å². The lowest BCUT2D eigenvalue weighted by Gasteiger charge is -2.39. The van der Waals surface area contributed by atoms with Crippen LogP contribution < -0.4 is 10.4 Å². The van der Waals surface area contributed by atoms with Crippen LogP contribution >= 0.6 is 11.6 Å². The molecule has 1 aliphatic carbocycles. The summed E-state index contributed by atoms with van der Waals surface area (Å²) in [5.74, 6) is 0.761. The lowest BCUT2D eigenvalue weighted by atomic mass is 9.81. The van der Waals surface area contributed by atoms with Gasteiger partial charge in [0.2, 0.25) is 11.9 Å². The molecular weight excluding hydrogens is 391 g/mol. The van der Waals surface area contributed by atoms with Crippen molar-refractivity contribution in [2.45, 2.75) is 76.7 Å². The van der Waals surface area contributed by atoms with Gasteiger partial charge in [-0.05, 0) is 53.4 Å². The molecule has 1 atom stereocenters. The van der Waals surface area contributed by atoms with Crippen LogP contribution in [-0.2, 0) is 14.1 Å². The SMILES string of the molecule is CC1(C)OB(c2cnc(N(C3CC3)C3CCCN(C(=O)CCl)C3)nc2)OC1(C)C. The predicted octanol–water partition coefficient (Wildman–Crippen LogP) is 1.97. The summed E-state index contributed by atoms with van der Waals surface area (Å²) in [6.07, 6.45) is 7.91. The van der Waals surface area contributed by atoms with Crippen molar-refractivity contribution in [3.8, 4) is 0 Å². The molecule has 2 saturated heterocycles. The number of carbonyl (C=O) groups excluding carboxylic acids is 1. The average molecular weight is 421 g/mol. The number of aromatic nitrogens is 2. The van der Waals surface area contributed by atoms with Crippen molar-refractivity contribution >= 4 is 36.0 Å². The van der Waals surface area contributed by atoms with Gasteiger partial charge in [-0.15, -0.1) is 11.6 Å². The molecule has 0 spiro atoms. The summed E-state index contributed by atoms with van der Waals surface area (Å²) < 4.78 is 12.2. The van der Waals surface area contributed by atoms with Crippen molar-refractivity contribution in [3.05, 3.63) is 12.4 Å². The molecule has 7 nitrogen and oxygen atoms in total. The molecule has 0 aromatic carbocycles. The van der Waals surface area contributed by atoms with Crippen molar-refractivity contribution in [2.75, 3.05) is 23.9 Å². The first kappa shape index (κ1) is 20.9. The summed E-state index contributed by atoms with van der Waals surface area (Å²) in [6.45, 7) is 9.61. The highest BCUT2D eigenvalue weighted by atomic mass is 35.5. The standard InChI is InChI=1S/C20H30BClN4O3/c1-19(2)20(3,4)29-21(28-19)14-11-23-18(24-12-14)26(15-7-8-15)16-6-5-9-25(13-16)17(27)10-22/h11-12,15-16H,5-10,13H2,1-4H3. The lowest BCUT2D eigenvalue weighted by molar-refractivity contribution is -0.129. The highest BCUT2D eigenvalue weighted by Crippen LogP contribution is 2.37. The minimum Gasteiger partial charge on any atom is -0.399 e. The first-order valence-electron chi connectivity index (χ1n) is 10.5. The Bertz CT molecular complexity index is 741. The largest absolute Gasteiger partial charge is 0.498 e. The maximum Gasteiger partial charge on any atom is 0.498 e. The molecule has 1 saturated carbocycles. The fraction of sp³-hybridized carbons (Fsp3) is 0.750. The molecule has 1 amide bonds. The molecule has 2 aliphatic heterocycles. The van der Waals surface area contributed by atoms with Gasteiger partial charge in [-0.2, -0.15) is 0 Å². The topological polar surface area (TPSA) is 67.8 Å². The number of amides is 1. The van der Waals surface area contributed by atoms with Gasteiger partial charge < -0.3 is 19.1 Å². The third-order valence-electron chi connectivity index (χ3n) is 6.61. The van der Waals surface area contributed by atoms with E-state index in [1.165, 1.54) is 0 Å². The van der Waals surface area contributed by atoms with Crippen molar-refractivity contribution in [3.63, 3.8) is 0 Å². The minimum atomic E-state index is -0.463. The van der Waals surface area contributed by atoms with Crippen molar-refractivity contribution in [1.29, 1.82) is 0 Å². The van der Waals surface area contributed by atoms with Gasteiger partial charge in [0.25, 0.3) is 0 Å². The van der Waals surface area contributed by atoms with E-state index in [0.717, 1.165) is 43.6 Å². The van der Waals surface area contributed by atoms with Gasteiger partial charge in [-0.1, -0.05) is 0 Å². The number of anilines is 1. The van der Waals surface area contributed by atoms with Crippen LogP contribution in [0.15, 0.2) is 12.4 Å². The van der Waals surface area contributed by atoms with E-state index in [2.05, 4.69) is 14.9 Å². The van der Waals surface area contributed by atoms with E-state index in [-0.39, 0.29) is 17.8 Å². The lowest BCUT2D eigenvalue weighted by Crippen LogP contribution is -2.51. The van der Waals surface area contributed by atoms with Crippen LogP contribution in [0, 0.1) is 0 Å². The summed E-state index contributed by atoms with van der Waals surface area (Å²) in [5, 5.41) is 0. The number of likely N-dealkylation sites (tertiary alicyclic amines) is 1. The molecule has 3 fully saturated rings. The zero-order chi connectivity index (χ0) is 20.8. The number of alkyl halides is 1. The van der Waals surface area contributed by atoms with Crippen LogP contribution in [-0.4, -0.2) is 70.1 Å². The number of piperidine rings is 1. The van der Waals surface area contributed by atoms with Gasteiger partial charge in [0.1, 0.15) is 5.88 Å². The van der Waals surface area contributed by atoms with Gasteiger partial charge in [0.05, 0.1) is 11.2 Å². The maximum absolute atomic E-state index is 12.1. The summed E-state index contributed by atoms with van der Waals surface area (Å²) in [4.78, 5) is 25.6. The second-order valence-corrected chi connectivity index (χ2v) is 9.58. The van der Waals surface area contributed by atoms with Crippen LogP contribution in [0.4, 0.5) is 5.95 Å². The molecule has 3 heterocycles. The Hall–Kier alpha value is -1.38. The summed E-state index contributed by atoms with van der Waals surface area (Å²) >= 11 is 5.77. The molecule has 3 aliphatic rings. The Labute approximate surface area is 178 Å². The second kappa shape index (κ2) is 7.71. The van der Waals surface area contributed by atoms with Gasteiger partial charge in [-0.3, -0.25) is 4.79 Å². The number of hydrogen-bond donors (Lipinski definition) is 0. The third-order valence-corrected chi connectivity index (χ3v) is 6.84. The van der Waals surface area contributed by atoms with E-state index in [9.17, 15) is 4.79 Å². The molecule has 1 aromatic heterocycles. The molecule has 1 aromatic rings. The Morgan fingerprint density at radius 2 is 1.79 bits per heavy atom. The van der Waals surface area contributed by atoms with Crippen LogP contribution in [0.2, 0.25) is 0 Å². The molecule has 0 N–H and O–H groups in total. The number of nitrogens with zero attached hydrogens (tertiary/aromatic N) is 4. The quantitative estimate of drug-likeness (QED) is 0.536. The zero-order valence-electron chi connectivity index (χ0n) is 17.7. The second-order valence-electron chi connectivity index (χ2n) is 9.31. The molecule has 0 bridgehead atoms. The minimum absolute atomic E-state index is 0.00383. The van der Waals surface area contributed by atoms with Crippen molar-refractivity contribution in [1.82, 2.24) is 14.9 Å². The molecule has 4 rings (SSSR count). The fourth-order valence-corrected chi connectivity index (χ4v) is 4.20. The van der Waals surface area contributed by atoms with E-state index in [0.29, 0.717) is 12.6 Å². The summed E-state index contributed by atoms with van der Waals surface area (Å²) in [6, 6.07) is 0.680. The summed E-state index contributed by atoms with van der Waals surface area (Å²) in [7, 11) is -0.463. The number of carbonyl (C=O) groups is 1. The molecule has 1 unspecified atom stereocenters. The highest BCUT2D eigenvalue weighted by molar-refractivity contribution is 6.61. The fourth-order valence-electron chi connectivity index (χ4n) is 4.04. The predicted molar refractivity (Wildman–Crippen MR) is 114 cm³/mol. The monoisotopic (exact) mass is 420 g/mol. The van der Waals surface area contributed by atoms with Crippen LogP contribution in [0.25, 0.3) is 0 Å². The Morgan fingerprint density at radius 1 is 1.17 bits per heavy atom. The van der Waals surface area contributed by atoms with Crippen LogP contribution in [0.5, 0.6) is 0 Å². The van der Waals surface area contributed by atoms with Gasteiger partial charge >= 0.3 is 7.12 Å². The smallest absolute Gasteiger partial charge is 0.399 e. The van der Waals surface area contributed by atoms with E-state index in [4.69, 9.17) is 20.9 Å². The van der Waals surface area contributed by atoms with Crippen LogP contribution in [0.3, 0.4) is 0 Å². The molecule has 29 heavy (non-hydrogen) atoms. The molecule has 158 valence electrons. The molecule has 9 heteroatoms. The maximum atomic E-state index is 12.1. The molecular formula is C20H30BClN4O3. The highest BCUT2D eigenvalue weighted by Gasteiger charge is 2.52. The number of halogens is 1. The summed E-state index contributed by atoms with van der Waals surface area (Å²) in [5.41, 5.74) is 0.0408. The van der Waals surface area contributed by atoms with Crippen molar-refractivity contribution < 1.29 is 14.1 Å². The normalized spacial score (nSPS) is 25.9. The van der Waals surface area contributed by atoms with E-state index >= 15 is 0 Å². The van der Waals surface area contributed by atoms with Crippen LogP contribution in [0.1, 0.15) is 53.4 Å².